The molecule has 1 atom stereocenters. The van der Waals surface area contributed by atoms with Crippen molar-refractivity contribution in [1.29, 1.82) is 0 Å². The van der Waals surface area contributed by atoms with Gasteiger partial charge in [0.15, 0.2) is 0 Å². The fraction of sp³-hybridized carbons (Fsp3) is 0.917. The molecule has 2 fully saturated rings. The van der Waals surface area contributed by atoms with Gasteiger partial charge in [-0.15, -0.1) is 0 Å². The fourth-order valence-corrected chi connectivity index (χ4v) is 2.50. The highest BCUT2D eigenvalue weighted by Gasteiger charge is 2.50. The number of rotatable bonds is 3. The van der Waals surface area contributed by atoms with Gasteiger partial charge in [-0.3, -0.25) is 4.79 Å². The molecule has 2 N–H and O–H groups in total. The Morgan fingerprint density at radius 2 is 1.93 bits per heavy atom. The molecule has 2 rings (SSSR count). The smallest absolute Gasteiger partial charge is 0.223 e. The molecule has 15 heavy (non-hydrogen) atoms. The zero-order valence-corrected chi connectivity index (χ0v) is 9.68. The molecule has 0 radical (unpaired) electrons. The van der Waals surface area contributed by atoms with Crippen LogP contribution in [0.2, 0.25) is 0 Å². The minimum atomic E-state index is -0.616. The van der Waals surface area contributed by atoms with Crippen molar-refractivity contribution in [3.05, 3.63) is 0 Å². The van der Waals surface area contributed by atoms with Crippen LogP contribution >= 0.6 is 0 Å². The third-order valence-electron chi connectivity index (χ3n) is 3.96. The molecule has 0 aromatic rings. The van der Waals surface area contributed by atoms with Gasteiger partial charge in [0.1, 0.15) is 0 Å². The molecule has 0 bridgehead atoms. The number of amides is 1. The highest BCUT2D eigenvalue weighted by atomic mass is 16.3. The Bertz CT molecular complexity index is 267. The lowest BCUT2D eigenvalue weighted by Crippen LogP contribution is -2.41. The molecule has 3 heteroatoms. The molecule has 3 nitrogen and oxygen atoms in total. The molecule has 0 spiro atoms. The average Bonchev–Trinajstić information content (AvgIpc) is 2.60. The first-order chi connectivity index (χ1) is 6.93. The van der Waals surface area contributed by atoms with Crippen LogP contribution in [0.5, 0.6) is 0 Å². The van der Waals surface area contributed by atoms with E-state index in [9.17, 15) is 9.90 Å². The van der Waals surface area contributed by atoms with E-state index in [2.05, 4.69) is 19.2 Å². The molecule has 1 amide bonds. The van der Waals surface area contributed by atoms with Crippen LogP contribution in [-0.2, 0) is 4.79 Å². The van der Waals surface area contributed by atoms with Crippen LogP contribution in [-0.4, -0.2) is 23.2 Å². The van der Waals surface area contributed by atoms with E-state index in [0.717, 1.165) is 32.1 Å². The van der Waals surface area contributed by atoms with E-state index < -0.39 is 5.60 Å². The van der Waals surface area contributed by atoms with Crippen LogP contribution in [0.15, 0.2) is 0 Å². The molecule has 0 aliphatic heterocycles. The van der Waals surface area contributed by atoms with Crippen LogP contribution in [0.3, 0.4) is 0 Å². The summed E-state index contributed by atoms with van der Waals surface area (Å²) in [4.78, 5) is 11.7. The Balaban J connectivity index is 1.76. The number of carbonyl (C=O) groups is 1. The highest BCUT2D eigenvalue weighted by Crippen LogP contribution is 2.51. The van der Waals surface area contributed by atoms with Crippen LogP contribution in [0.4, 0.5) is 0 Å². The summed E-state index contributed by atoms with van der Waals surface area (Å²) in [7, 11) is 0. The molecule has 2 saturated carbocycles. The van der Waals surface area contributed by atoms with Crippen molar-refractivity contribution in [3.8, 4) is 0 Å². The van der Waals surface area contributed by atoms with Gasteiger partial charge in [0, 0.05) is 12.5 Å². The zero-order chi connectivity index (χ0) is 11.1. The zero-order valence-electron chi connectivity index (χ0n) is 9.68. The summed E-state index contributed by atoms with van der Waals surface area (Å²) in [5.74, 6) is 0.294. The third-order valence-corrected chi connectivity index (χ3v) is 3.96. The lowest BCUT2D eigenvalue weighted by molar-refractivity contribution is -0.124. The maximum Gasteiger partial charge on any atom is 0.223 e. The summed E-state index contributed by atoms with van der Waals surface area (Å²) in [6.07, 6.45) is 4.82. The summed E-state index contributed by atoms with van der Waals surface area (Å²) >= 11 is 0. The molecule has 0 saturated heterocycles. The van der Waals surface area contributed by atoms with Crippen LogP contribution in [0.25, 0.3) is 0 Å². The lowest BCUT2D eigenvalue weighted by atomic mass is 10.0. The second-order valence-corrected chi connectivity index (χ2v) is 5.89. The topological polar surface area (TPSA) is 49.3 Å². The maximum absolute atomic E-state index is 11.7. The van der Waals surface area contributed by atoms with E-state index in [4.69, 9.17) is 0 Å². The lowest BCUT2D eigenvalue weighted by Gasteiger charge is -2.22. The van der Waals surface area contributed by atoms with Gasteiger partial charge in [0.05, 0.1) is 5.60 Å². The minimum Gasteiger partial charge on any atom is -0.388 e. The van der Waals surface area contributed by atoms with E-state index >= 15 is 0 Å². The van der Waals surface area contributed by atoms with Crippen molar-refractivity contribution < 1.29 is 9.90 Å². The summed E-state index contributed by atoms with van der Waals surface area (Å²) in [5.41, 5.74) is -0.433. The third kappa shape index (κ3) is 2.33. The minimum absolute atomic E-state index is 0.125. The van der Waals surface area contributed by atoms with Crippen molar-refractivity contribution in [3.63, 3.8) is 0 Å². The first kappa shape index (κ1) is 10.9. The van der Waals surface area contributed by atoms with E-state index in [-0.39, 0.29) is 17.2 Å². The van der Waals surface area contributed by atoms with Crippen molar-refractivity contribution in [2.24, 2.45) is 11.3 Å². The van der Waals surface area contributed by atoms with Gasteiger partial charge in [0.2, 0.25) is 5.91 Å². The van der Waals surface area contributed by atoms with Crippen molar-refractivity contribution in [2.45, 2.75) is 51.6 Å². The summed E-state index contributed by atoms with van der Waals surface area (Å²) in [5, 5.41) is 13.0. The second kappa shape index (κ2) is 3.48. The fourth-order valence-electron chi connectivity index (χ4n) is 2.50. The van der Waals surface area contributed by atoms with Crippen molar-refractivity contribution in [1.82, 2.24) is 5.32 Å². The summed E-state index contributed by atoms with van der Waals surface area (Å²) in [6.45, 7) is 4.67. The largest absolute Gasteiger partial charge is 0.388 e. The maximum atomic E-state index is 11.7. The first-order valence-electron chi connectivity index (χ1n) is 5.93. The van der Waals surface area contributed by atoms with Gasteiger partial charge in [-0.25, -0.2) is 0 Å². The molecule has 2 aliphatic carbocycles. The van der Waals surface area contributed by atoms with Gasteiger partial charge >= 0.3 is 0 Å². The number of aliphatic hydroxyl groups is 1. The molecule has 86 valence electrons. The van der Waals surface area contributed by atoms with Crippen LogP contribution in [0.1, 0.15) is 46.0 Å². The molecule has 1 unspecified atom stereocenters. The number of hydrogen-bond donors (Lipinski definition) is 2. The molecule has 0 heterocycles. The highest BCUT2D eigenvalue weighted by molar-refractivity contribution is 5.82. The van der Waals surface area contributed by atoms with E-state index in [0.29, 0.717) is 6.54 Å². The van der Waals surface area contributed by atoms with Crippen LogP contribution in [0, 0.1) is 11.3 Å². The van der Waals surface area contributed by atoms with Gasteiger partial charge in [-0.1, -0.05) is 26.7 Å². The van der Waals surface area contributed by atoms with Crippen molar-refractivity contribution >= 4 is 5.91 Å². The second-order valence-electron chi connectivity index (χ2n) is 5.89. The van der Waals surface area contributed by atoms with E-state index in [1.165, 1.54) is 0 Å². The van der Waals surface area contributed by atoms with Gasteiger partial charge in [-0.05, 0) is 24.7 Å². The standard InChI is InChI=1S/C12H21NO2/c1-11(2)7-9(11)10(14)13-8-12(15)5-3-4-6-12/h9,15H,3-8H2,1-2H3,(H,13,14). The normalized spacial score (nSPS) is 31.3. The summed E-state index contributed by atoms with van der Waals surface area (Å²) < 4.78 is 0. The van der Waals surface area contributed by atoms with E-state index in [1.807, 2.05) is 0 Å². The Labute approximate surface area is 91.2 Å². The molecular formula is C12H21NO2. The number of nitrogens with one attached hydrogen (secondary N) is 1. The predicted octanol–water partition coefficient (Wildman–Crippen LogP) is 1.45. The quantitative estimate of drug-likeness (QED) is 0.742. The molecule has 0 aromatic heterocycles. The first-order valence-corrected chi connectivity index (χ1v) is 5.93. The van der Waals surface area contributed by atoms with E-state index in [1.54, 1.807) is 0 Å². The average molecular weight is 211 g/mol. The SMILES string of the molecule is CC1(C)CC1C(=O)NCC1(O)CCCC1. The number of hydrogen-bond acceptors (Lipinski definition) is 2. The predicted molar refractivity (Wildman–Crippen MR) is 58.3 cm³/mol. The monoisotopic (exact) mass is 211 g/mol. The Morgan fingerprint density at radius 1 is 1.40 bits per heavy atom. The van der Waals surface area contributed by atoms with Gasteiger partial charge in [-0.2, -0.15) is 0 Å². The Hall–Kier alpha value is -0.570. The molecular weight excluding hydrogens is 190 g/mol. The Kier molecular flexibility index (Phi) is 2.53. The van der Waals surface area contributed by atoms with Gasteiger partial charge < -0.3 is 10.4 Å². The Morgan fingerprint density at radius 3 is 2.40 bits per heavy atom. The van der Waals surface area contributed by atoms with Crippen molar-refractivity contribution in [2.75, 3.05) is 6.54 Å². The van der Waals surface area contributed by atoms with Crippen LogP contribution < -0.4 is 5.32 Å². The molecule has 0 aromatic carbocycles. The molecule has 2 aliphatic rings. The summed E-state index contributed by atoms with van der Waals surface area (Å²) in [6, 6.07) is 0. The number of carbonyl (C=O) groups excluding carboxylic acids is 1. The van der Waals surface area contributed by atoms with Gasteiger partial charge in [0.25, 0.3) is 0 Å².